The first kappa shape index (κ1) is 18.4. The van der Waals surface area contributed by atoms with Gasteiger partial charge in [0.25, 0.3) is 0 Å². The summed E-state index contributed by atoms with van der Waals surface area (Å²) in [5, 5.41) is 3.17. The van der Waals surface area contributed by atoms with Crippen LogP contribution in [0.15, 0.2) is 47.4 Å². The van der Waals surface area contributed by atoms with Crippen molar-refractivity contribution in [2.45, 2.75) is 31.7 Å². The van der Waals surface area contributed by atoms with E-state index in [1.54, 1.807) is 30.3 Å². The van der Waals surface area contributed by atoms with E-state index in [4.69, 9.17) is 11.6 Å². The summed E-state index contributed by atoms with van der Waals surface area (Å²) in [6.07, 6.45) is 0. The van der Waals surface area contributed by atoms with Gasteiger partial charge in [0.05, 0.1) is 10.9 Å². The summed E-state index contributed by atoms with van der Waals surface area (Å²) < 4.78 is 27.0. The normalized spacial score (nSPS) is 12.7. The van der Waals surface area contributed by atoms with E-state index in [1.165, 1.54) is 19.1 Å². The summed E-state index contributed by atoms with van der Waals surface area (Å²) in [6.45, 7) is 5.20. The minimum Gasteiger partial charge on any atom is -0.325 e. The molecule has 0 bridgehead atoms. The van der Waals surface area contributed by atoms with Gasteiger partial charge in [-0.15, -0.1) is 0 Å². The van der Waals surface area contributed by atoms with Crippen molar-refractivity contribution in [3.8, 4) is 0 Å². The third-order valence-corrected chi connectivity index (χ3v) is 5.46. The number of rotatable bonds is 5. The van der Waals surface area contributed by atoms with Crippen LogP contribution in [0.4, 0.5) is 5.69 Å². The topological polar surface area (TPSA) is 75.3 Å². The second-order valence-electron chi connectivity index (χ2n) is 5.61. The predicted molar refractivity (Wildman–Crippen MR) is 95.8 cm³/mol. The fourth-order valence-corrected chi connectivity index (χ4v) is 3.38. The van der Waals surface area contributed by atoms with E-state index >= 15 is 0 Å². The average molecular weight is 367 g/mol. The van der Waals surface area contributed by atoms with Crippen molar-refractivity contribution in [2.75, 3.05) is 5.32 Å². The van der Waals surface area contributed by atoms with Crippen LogP contribution in [0.1, 0.15) is 18.1 Å². The maximum atomic E-state index is 12.3. The molecule has 24 heavy (non-hydrogen) atoms. The van der Waals surface area contributed by atoms with E-state index < -0.39 is 22.0 Å². The molecule has 0 spiro atoms. The van der Waals surface area contributed by atoms with Gasteiger partial charge in [-0.2, -0.15) is 4.72 Å². The fourth-order valence-electron chi connectivity index (χ4n) is 1.99. The lowest BCUT2D eigenvalue weighted by Gasteiger charge is -2.15. The number of benzene rings is 2. The quantitative estimate of drug-likeness (QED) is 0.852. The molecule has 1 unspecified atom stereocenters. The predicted octanol–water partition coefficient (Wildman–Crippen LogP) is 3.26. The summed E-state index contributed by atoms with van der Waals surface area (Å²) in [4.78, 5) is 12.3. The third-order valence-electron chi connectivity index (χ3n) is 3.50. The minimum atomic E-state index is -3.77. The number of hydrogen-bond donors (Lipinski definition) is 2. The molecule has 1 amide bonds. The molecule has 0 fully saturated rings. The molecule has 5 nitrogen and oxygen atoms in total. The Hall–Kier alpha value is -1.89. The number of anilines is 1. The average Bonchev–Trinajstić information content (AvgIpc) is 2.51. The molecular weight excluding hydrogens is 348 g/mol. The molecule has 0 heterocycles. The van der Waals surface area contributed by atoms with E-state index in [2.05, 4.69) is 10.0 Å². The molecule has 2 N–H and O–H groups in total. The molecule has 1 atom stereocenters. The Morgan fingerprint density at radius 3 is 2.29 bits per heavy atom. The molecule has 0 saturated heterocycles. The first-order valence-electron chi connectivity index (χ1n) is 7.35. The molecule has 2 rings (SSSR count). The molecule has 0 aliphatic carbocycles. The van der Waals surface area contributed by atoms with Gasteiger partial charge in [0.15, 0.2) is 0 Å². The molecule has 0 aliphatic rings. The number of hydrogen-bond acceptors (Lipinski definition) is 3. The first-order chi connectivity index (χ1) is 11.2. The first-order valence-corrected chi connectivity index (χ1v) is 9.21. The van der Waals surface area contributed by atoms with Crippen molar-refractivity contribution in [1.82, 2.24) is 4.72 Å². The van der Waals surface area contributed by atoms with Crippen LogP contribution < -0.4 is 10.0 Å². The van der Waals surface area contributed by atoms with Crippen molar-refractivity contribution in [1.29, 1.82) is 0 Å². The van der Waals surface area contributed by atoms with Crippen molar-refractivity contribution < 1.29 is 13.2 Å². The van der Waals surface area contributed by atoms with E-state index in [-0.39, 0.29) is 4.90 Å². The second kappa shape index (κ2) is 7.34. The smallest absolute Gasteiger partial charge is 0.242 e. The maximum Gasteiger partial charge on any atom is 0.242 e. The van der Waals surface area contributed by atoms with Crippen LogP contribution in [0.5, 0.6) is 0 Å². The Bertz CT molecular complexity index is 849. The SMILES string of the molecule is Cc1ccc(S(=O)(=O)NC(C)C(=O)Nc2ccc(C)c(Cl)c2)cc1. The van der Waals surface area contributed by atoms with Crippen molar-refractivity contribution >= 4 is 33.2 Å². The second-order valence-corrected chi connectivity index (χ2v) is 7.73. The number of amides is 1. The lowest BCUT2D eigenvalue weighted by atomic mass is 10.2. The Morgan fingerprint density at radius 1 is 1.08 bits per heavy atom. The number of halogens is 1. The highest BCUT2D eigenvalue weighted by molar-refractivity contribution is 7.89. The van der Waals surface area contributed by atoms with Crippen LogP contribution in [0.25, 0.3) is 0 Å². The lowest BCUT2D eigenvalue weighted by Crippen LogP contribution is -2.41. The van der Waals surface area contributed by atoms with E-state index in [0.717, 1.165) is 11.1 Å². The summed E-state index contributed by atoms with van der Waals surface area (Å²) >= 11 is 6.01. The Labute approximate surface area is 147 Å². The van der Waals surface area contributed by atoms with E-state index in [1.807, 2.05) is 13.8 Å². The summed E-state index contributed by atoms with van der Waals surface area (Å²) in [5.41, 5.74) is 2.36. The molecule has 0 aliphatic heterocycles. The van der Waals surface area contributed by atoms with Crippen LogP contribution in [0.3, 0.4) is 0 Å². The molecule has 7 heteroatoms. The number of carbonyl (C=O) groups excluding carboxylic acids is 1. The zero-order valence-corrected chi connectivity index (χ0v) is 15.2. The Kier molecular flexibility index (Phi) is 5.64. The van der Waals surface area contributed by atoms with Crippen LogP contribution in [0.2, 0.25) is 5.02 Å². The van der Waals surface area contributed by atoms with Crippen LogP contribution >= 0.6 is 11.6 Å². The zero-order valence-electron chi connectivity index (χ0n) is 13.6. The fraction of sp³-hybridized carbons (Fsp3) is 0.235. The van der Waals surface area contributed by atoms with Crippen molar-refractivity contribution in [3.63, 3.8) is 0 Å². The van der Waals surface area contributed by atoms with E-state index in [9.17, 15) is 13.2 Å². The molecule has 2 aromatic rings. The monoisotopic (exact) mass is 366 g/mol. The van der Waals surface area contributed by atoms with Gasteiger partial charge in [0.2, 0.25) is 15.9 Å². The van der Waals surface area contributed by atoms with Gasteiger partial charge in [-0.25, -0.2) is 8.42 Å². The van der Waals surface area contributed by atoms with Crippen molar-refractivity contribution in [2.24, 2.45) is 0 Å². The highest BCUT2D eigenvalue weighted by Gasteiger charge is 2.22. The molecule has 0 aromatic heterocycles. The van der Waals surface area contributed by atoms with Gasteiger partial charge < -0.3 is 5.32 Å². The van der Waals surface area contributed by atoms with Crippen LogP contribution in [-0.2, 0) is 14.8 Å². The number of nitrogens with one attached hydrogen (secondary N) is 2. The summed E-state index contributed by atoms with van der Waals surface area (Å²) in [7, 11) is -3.77. The van der Waals surface area contributed by atoms with Gasteiger partial charge in [-0.1, -0.05) is 35.4 Å². The number of sulfonamides is 1. The molecule has 0 saturated carbocycles. The maximum absolute atomic E-state index is 12.3. The highest BCUT2D eigenvalue weighted by Crippen LogP contribution is 2.20. The Morgan fingerprint density at radius 2 is 1.71 bits per heavy atom. The number of carbonyl (C=O) groups is 1. The van der Waals surface area contributed by atoms with Gasteiger partial charge in [0.1, 0.15) is 0 Å². The Balaban J connectivity index is 2.07. The third kappa shape index (κ3) is 4.56. The molecule has 0 radical (unpaired) electrons. The molecular formula is C17H19ClN2O3S. The van der Waals surface area contributed by atoms with Gasteiger partial charge >= 0.3 is 0 Å². The van der Waals surface area contributed by atoms with Gasteiger partial charge in [-0.05, 0) is 50.6 Å². The standard InChI is InChI=1S/C17H19ClN2O3S/c1-11-4-8-15(9-5-11)24(22,23)20-13(3)17(21)19-14-7-6-12(2)16(18)10-14/h4-10,13,20H,1-3H3,(H,19,21). The minimum absolute atomic E-state index is 0.117. The lowest BCUT2D eigenvalue weighted by molar-refractivity contribution is -0.117. The molecule has 2 aromatic carbocycles. The highest BCUT2D eigenvalue weighted by atomic mass is 35.5. The summed E-state index contributed by atoms with van der Waals surface area (Å²) in [6, 6.07) is 10.6. The van der Waals surface area contributed by atoms with Crippen LogP contribution in [0, 0.1) is 13.8 Å². The van der Waals surface area contributed by atoms with Crippen LogP contribution in [-0.4, -0.2) is 20.4 Å². The summed E-state index contributed by atoms with van der Waals surface area (Å²) in [5.74, 6) is -0.467. The van der Waals surface area contributed by atoms with Gasteiger partial charge in [-0.3, -0.25) is 4.79 Å². The largest absolute Gasteiger partial charge is 0.325 e. The molecule has 128 valence electrons. The number of aryl methyl sites for hydroxylation is 2. The van der Waals surface area contributed by atoms with Crippen molar-refractivity contribution in [3.05, 3.63) is 58.6 Å². The van der Waals surface area contributed by atoms with Gasteiger partial charge in [0, 0.05) is 10.7 Å². The van der Waals surface area contributed by atoms with E-state index in [0.29, 0.717) is 10.7 Å². The zero-order chi connectivity index (χ0) is 17.9.